The van der Waals surface area contributed by atoms with Crippen molar-refractivity contribution >= 4 is 17.6 Å². The summed E-state index contributed by atoms with van der Waals surface area (Å²) in [5, 5.41) is 12.5. The van der Waals surface area contributed by atoms with Crippen LogP contribution < -0.4 is 4.74 Å². The highest BCUT2D eigenvalue weighted by Gasteiger charge is 2.49. The van der Waals surface area contributed by atoms with Crippen molar-refractivity contribution in [3.8, 4) is 16.9 Å². The summed E-state index contributed by atoms with van der Waals surface area (Å²) in [7, 11) is 1.39. The van der Waals surface area contributed by atoms with Gasteiger partial charge in [0.05, 0.1) is 12.5 Å². The zero-order valence-electron chi connectivity index (χ0n) is 20.8. The molecule has 0 saturated heterocycles. The first-order valence-electron chi connectivity index (χ1n) is 12.4. The predicted molar refractivity (Wildman–Crippen MR) is 140 cm³/mol. The fourth-order valence-electron chi connectivity index (χ4n) is 4.52. The van der Waals surface area contributed by atoms with Crippen molar-refractivity contribution in [3.05, 3.63) is 78.1 Å². The minimum atomic E-state index is -1.10. The molecule has 2 atom stereocenters. The number of aliphatic hydroxyl groups is 1. The first kappa shape index (κ1) is 26.8. The predicted octanol–water partition coefficient (Wildman–Crippen LogP) is 7.29. The number of aliphatic hydroxyl groups excluding tert-OH is 1. The highest BCUT2D eigenvalue weighted by molar-refractivity contribution is 6.30. The van der Waals surface area contributed by atoms with Gasteiger partial charge < -0.3 is 19.1 Å². The van der Waals surface area contributed by atoms with Crippen LogP contribution in [-0.2, 0) is 9.53 Å². The normalized spacial score (nSPS) is 13.3. The number of ether oxygens (including phenoxy) is 2. The molecule has 0 radical (unpaired) electrons. The Morgan fingerprint density at radius 2 is 1.46 bits per heavy atom. The minimum Gasteiger partial charge on any atom is -0.469 e. The Balaban J connectivity index is 1.94. The number of hydrogen-bond acceptors (Lipinski definition) is 4. The molecule has 35 heavy (non-hydrogen) atoms. The molecule has 1 N–H and O–H groups in total. The van der Waals surface area contributed by atoms with Gasteiger partial charge in [-0.3, -0.25) is 4.79 Å². The van der Waals surface area contributed by atoms with E-state index in [0.717, 1.165) is 36.8 Å². The summed E-state index contributed by atoms with van der Waals surface area (Å²) in [5.41, 5.74) is 1.02. The van der Waals surface area contributed by atoms with Crippen LogP contribution in [0.2, 0.25) is 5.02 Å². The molecule has 3 rings (SSSR count). The standard InChI is InChI=1S/C29H36ClNO4/c1-4-6-18-29(19-7-5-2,28(33)34-3)26(32)27(31-20-8-9-21-31)35-25-16-12-23(13-17-25)22-10-14-24(30)15-11-22/h8-17,20-21,26-27,32H,4-7,18-19H2,1-3H3. The van der Waals surface area contributed by atoms with E-state index in [1.165, 1.54) is 7.11 Å². The second-order valence-electron chi connectivity index (χ2n) is 8.97. The molecule has 1 heterocycles. The summed E-state index contributed by atoms with van der Waals surface area (Å²) in [6.45, 7) is 4.16. The first-order valence-corrected chi connectivity index (χ1v) is 12.7. The summed E-state index contributed by atoms with van der Waals surface area (Å²) < 4.78 is 13.4. The number of hydrogen-bond donors (Lipinski definition) is 1. The maximum Gasteiger partial charge on any atom is 0.314 e. The van der Waals surface area contributed by atoms with E-state index < -0.39 is 17.7 Å². The number of nitrogens with zero attached hydrogens (tertiary/aromatic N) is 1. The number of aromatic nitrogens is 1. The average molecular weight is 498 g/mol. The van der Waals surface area contributed by atoms with E-state index in [-0.39, 0.29) is 5.97 Å². The molecule has 3 aromatic rings. The van der Waals surface area contributed by atoms with Crippen molar-refractivity contribution in [1.29, 1.82) is 0 Å². The maximum absolute atomic E-state index is 13.2. The highest BCUT2D eigenvalue weighted by atomic mass is 35.5. The van der Waals surface area contributed by atoms with Crippen LogP contribution in [0.1, 0.15) is 58.6 Å². The zero-order chi connectivity index (χ0) is 25.3. The van der Waals surface area contributed by atoms with Gasteiger partial charge >= 0.3 is 5.97 Å². The largest absolute Gasteiger partial charge is 0.469 e. The maximum atomic E-state index is 13.2. The molecule has 2 unspecified atom stereocenters. The van der Waals surface area contributed by atoms with Crippen LogP contribution in [0.4, 0.5) is 0 Å². The highest BCUT2D eigenvalue weighted by Crippen LogP contribution is 2.41. The molecular weight excluding hydrogens is 462 g/mol. The van der Waals surface area contributed by atoms with Gasteiger partial charge in [0.25, 0.3) is 0 Å². The lowest BCUT2D eigenvalue weighted by Gasteiger charge is -2.39. The molecule has 1 aromatic heterocycles. The van der Waals surface area contributed by atoms with E-state index in [9.17, 15) is 9.90 Å². The Hall–Kier alpha value is -2.76. The lowest BCUT2D eigenvalue weighted by atomic mass is 9.72. The van der Waals surface area contributed by atoms with Gasteiger partial charge in [0.2, 0.25) is 6.23 Å². The van der Waals surface area contributed by atoms with Crippen LogP contribution >= 0.6 is 11.6 Å². The lowest BCUT2D eigenvalue weighted by Crippen LogP contribution is -2.49. The average Bonchev–Trinajstić information content (AvgIpc) is 3.42. The van der Waals surface area contributed by atoms with Crippen molar-refractivity contribution in [2.24, 2.45) is 5.41 Å². The number of halogens is 1. The summed E-state index contributed by atoms with van der Waals surface area (Å²) in [4.78, 5) is 13.2. The first-order chi connectivity index (χ1) is 16.9. The van der Waals surface area contributed by atoms with Crippen molar-refractivity contribution < 1.29 is 19.4 Å². The second-order valence-corrected chi connectivity index (χ2v) is 9.41. The van der Waals surface area contributed by atoms with Gasteiger partial charge in [0, 0.05) is 17.4 Å². The fraction of sp³-hybridized carbons (Fsp3) is 0.414. The molecule has 0 saturated carbocycles. The van der Waals surface area contributed by atoms with E-state index in [1.807, 2.05) is 77.6 Å². The Bertz CT molecular complexity index is 1020. The second kappa shape index (κ2) is 12.8. The summed E-state index contributed by atoms with van der Waals surface area (Å²) in [6, 6.07) is 19.1. The van der Waals surface area contributed by atoms with E-state index in [1.54, 1.807) is 0 Å². The Morgan fingerprint density at radius 3 is 1.94 bits per heavy atom. The molecule has 5 nitrogen and oxygen atoms in total. The molecule has 188 valence electrons. The van der Waals surface area contributed by atoms with Crippen LogP contribution in [0.5, 0.6) is 5.75 Å². The SMILES string of the molecule is CCCCC(CCCC)(C(=O)OC)C(O)C(Oc1ccc(-c2ccc(Cl)cc2)cc1)n1cccc1. The van der Waals surface area contributed by atoms with Crippen molar-refractivity contribution in [2.75, 3.05) is 7.11 Å². The number of rotatable bonds is 13. The van der Waals surface area contributed by atoms with Crippen LogP contribution in [0, 0.1) is 5.41 Å². The van der Waals surface area contributed by atoms with Gasteiger partial charge in [-0.2, -0.15) is 0 Å². The third kappa shape index (κ3) is 6.47. The third-order valence-electron chi connectivity index (χ3n) is 6.59. The van der Waals surface area contributed by atoms with Crippen LogP contribution in [-0.4, -0.2) is 28.9 Å². The smallest absolute Gasteiger partial charge is 0.314 e. The van der Waals surface area contributed by atoms with E-state index in [2.05, 4.69) is 13.8 Å². The topological polar surface area (TPSA) is 60.7 Å². The van der Waals surface area contributed by atoms with Crippen molar-refractivity contribution in [1.82, 2.24) is 4.57 Å². The Labute approximate surface area is 213 Å². The molecule has 2 aromatic carbocycles. The molecule has 0 aliphatic heterocycles. The number of esters is 1. The Morgan fingerprint density at radius 1 is 0.943 bits per heavy atom. The van der Waals surface area contributed by atoms with Crippen LogP contribution in [0.25, 0.3) is 11.1 Å². The summed E-state index contributed by atoms with van der Waals surface area (Å²) in [6.07, 6.45) is 6.32. The molecule has 0 fully saturated rings. The molecule has 0 spiro atoms. The monoisotopic (exact) mass is 497 g/mol. The molecule has 0 amide bonds. The molecule has 0 aliphatic rings. The van der Waals surface area contributed by atoms with E-state index in [4.69, 9.17) is 21.1 Å². The van der Waals surface area contributed by atoms with Gasteiger partial charge in [-0.1, -0.05) is 75.4 Å². The summed E-state index contributed by atoms with van der Waals surface area (Å²) in [5.74, 6) is 0.218. The van der Waals surface area contributed by atoms with Gasteiger partial charge in [0.1, 0.15) is 11.9 Å². The van der Waals surface area contributed by atoms with E-state index in [0.29, 0.717) is 23.6 Å². The number of unbranched alkanes of at least 4 members (excludes halogenated alkanes) is 2. The van der Waals surface area contributed by atoms with Gasteiger partial charge in [-0.15, -0.1) is 0 Å². The molecule has 6 heteroatoms. The minimum absolute atomic E-state index is 0.384. The molecular formula is C29H36ClNO4. The quantitative estimate of drug-likeness (QED) is 0.252. The van der Waals surface area contributed by atoms with Gasteiger partial charge in [-0.05, 0) is 60.4 Å². The zero-order valence-corrected chi connectivity index (χ0v) is 21.6. The fourth-order valence-corrected chi connectivity index (χ4v) is 4.65. The van der Waals surface area contributed by atoms with Crippen LogP contribution in [0.3, 0.4) is 0 Å². The number of carbonyl (C=O) groups is 1. The third-order valence-corrected chi connectivity index (χ3v) is 6.84. The number of methoxy groups -OCH3 is 1. The summed E-state index contributed by atoms with van der Waals surface area (Å²) >= 11 is 6.01. The number of carbonyl (C=O) groups excluding carboxylic acids is 1. The van der Waals surface area contributed by atoms with Crippen LogP contribution in [0.15, 0.2) is 73.1 Å². The van der Waals surface area contributed by atoms with Gasteiger partial charge in [0.15, 0.2) is 0 Å². The van der Waals surface area contributed by atoms with E-state index >= 15 is 0 Å². The van der Waals surface area contributed by atoms with Gasteiger partial charge in [-0.25, -0.2) is 0 Å². The molecule has 0 bridgehead atoms. The lowest BCUT2D eigenvalue weighted by molar-refractivity contribution is -0.172. The van der Waals surface area contributed by atoms with Crippen molar-refractivity contribution in [3.63, 3.8) is 0 Å². The molecule has 0 aliphatic carbocycles. The van der Waals surface area contributed by atoms with Crippen molar-refractivity contribution in [2.45, 2.75) is 64.7 Å². The number of benzene rings is 2. The Kier molecular flexibility index (Phi) is 9.82.